The molecule has 0 saturated carbocycles. The third-order valence-electron chi connectivity index (χ3n) is 3.71. The van der Waals surface area contributed by atoms with Crippen molar-refractivity contribution >= 4 is 22.8 Å². The highest BCUT2D eigenvalue weighted by atomic mass is 19.4. The van der Waals surface area contributed by atoms with Crippen LogP contribution in [0.15, 0.2) is 31.0 Å². The minimum Gasteiger partial charge on any atom is -0.356 e. The Hall–Kier alpha value is -3.24. The number of alkyl halides is 3. The molecule has 3 aromatic heterocycles. The molecule has 0 fully saturated rings. The number of nitrogens with one attached hydrogen (secondary N) is 3. The van der Waals surface area contributed by atoms with Crippen LogP contribution in [0.1, 0.15) is 13.8 Å². The van der Waals surface area contributed by atoms with Gasteiger partial charge in [0.1, 0.15) is 29.9 Å². The van der Waals surface area contributed by atoms with Gasteiger partial charge in [0.15, 0.2) is 5.82 Å². The van der Waals surface area contributed by atoms with E-state index in [9.17, 15) is 18.0 Å². The number of anilines is 1. The molecule has 1 amide bonds. The summed E-state index contributed by atoms with van der Waals surface area (Å²) in [6.07, 6.45) is 1.71. The van der Waals surface area contributed by atoms with Crippen molar-refractivity contribution in [2.75, 3.05) is 11.9 Å². The summed E-state index contributed by atoms with van der Waals surface area (Å²) in [7, 11) is 0. The van der Waals surface area contributed by atoms with Crippen LogP contribution in [0.2, 0.25) is 0 Å². The van der Waals surface area contributed by atoms with Crippen molar-refractivity contribution in [3.8, 4) is 11.4 Å². The Labute approximate surface area is 151 Å². The predicted octanol–water partition coefficient (Wildman–Crippen LogP) is 2.28. The molecule has 0 aliphatic carbocycles. The first-order chi connectivity index (χ1) is 12.7. The maximum Gasteiger partial charge on any atom is 0.405 e. The summed E-state index contributed by atoms with van der Waals surface area (Å²) in [5.41, 5.74) is -0.0392. The number of carbonyl (C=O) groups excluding carboxylic acids is 1. The molecule has 3 heterocycles. The van der Waals surface area contributed by atoms with Gasteiger partial charge in [-0.05, 0) is 19.9 Å². The number of fused-ring (bicyclic) bond motifs is 1. The van der Waals surface area contributed by atoms with Crippen molar-refractivity contribution in [2.24, 2.45) is 0 Å². The predicted molar refractivity (Wildman–Crippen MR) is 91.7 cm³/mol. The first-order valence-electron chi connectivity index (χ1n) is 7.89. The Morgan fingerprint density at radius 3 is 2.78 bits per heavy atom. The highest BCUT2D eigenvalue weighted by molar-refractivity contribution is 5.91. The molecule has 27 heavy (non-hydrogen) atoms. The first-order valence-corrected chi connectivity index (χ1v) is 7.89. The smallest absolute Gasteiger partial charge is 0.356 e. The van der Waals surface area contributed by atoms with Gasteiger partial charge in [-0.2, -0.15) is 13.2 Å². The molecule has 0 unspecified atom stereocenters. The number of H-pyrrole nitrogens is 1. The molecule has 11 heteroatoms. The third kappa shape index (κ3) is 4.30. The second kappa shape index (κ2) is 6.82. The van der Waals surface area contributed by atoms with Gasteiger partial charge in [-0.3, -0.25) is 4.79 Å². The molecular weight excluding hydrogens is 363 g/mol. The zero-order chi connectivity index (χ0) is 19.7. The van der Waals surface area contributed by atoms with Crippen LogP contribution in [-0.4, -0.2) is 49.1 Å². The Kier molecular flexibility index (Phi) is 4.68. The second-order valence-electron chi connectivity index (χ2n) is 6.30. The fourth-order valence-electron chi connectivity index (χ4n) is 2.38. The molecule has 142 valence electrons. The van der Waals surface area contributed by atoms with E-state index in [4.69, 9.17) is 0 Å². The molecule has 0 aromatic carbocycles. The van der Waals surface area contributed by atoms with Crippen LogP contribution in [0, 0.1) is 0 Å². The van der Waals surface area contributed by atoms with Gasteiger partial charge in [-0.25, -0.2) is 19.9 Å². The molecule has 0 saturated heterocycles. The van der Waals surface area contributed by atoms with Crippen molar-refractivity contribution in [3.63, 3.8) is 0 Å². The maximum atomic E-state index is 12.3. The van der Waals surface area contributed by atoms with E-state index in [0.29, 0.717) is 22.9 Å². The number of amides is 1. The molecule has 3 aromatic rings. The normalized spacial score (nSPS) is 12.2. The lowest BCUT2D eigenvalue weighted by Crippen LogP contribution is -2.50. The number of nitrogens with zero attached hydrogens (tertiary/aromatic N) is 4. The minimum atomic E-state index is -4.48. The topological polar surface area (TPSA) is 108 Å². The van der Waals surface area contributed by atoms with Crippen LogP contribution >= 0.6 is 0 Å². The summed E-state index contributed by atoms with van der Waals surface area (Å²) in [5.74, 6) is -0.161. The zero-order valence-electron chi connectivity index (χ0n) is 14.4. The monoisotopic (exact) mass is 379 g/mol. The Morgan fingerprint density at radius 2 is 2.04 bits per heavy atom. The van der Waals surface area contributed by atoms with E-state index in [1.807, 2.05) is 5.32 Å². The summed E-state index contributed by atoms with van der Waals surface area (Å²) in [4.78, 5) is 31.6. The molecule has 8 nitrogen and oxygen atoms in total. The van der Waals surface area contributed by atoms with Crippen molar-refractivity contribution in [2.45, 2.75) is 25.6 Å². The Bertz CT molecular complexity index is 968. The van der Waals surface area contributed by atoms with Crippen LogP contribution in [0.25, 0.3) is 22.4 Å². The highest BCUT2D eigenvalue weighted by Gasteiger charge is 2.33. The van der Waals surface area contributed by atoms with E-state index in [0.717, 1.165) is 5.39 Å². The lowest BCUT2D eigenvalue weighted by atomic mass is 10.0. The largest absolute Gasteiger partial charge is 0.405 e. The Morgan fingerprint density at radius 1 is 1.26 bits per heavy atom. The number of aromatic nitrogens is 5. The number of hydrogen-bond donors (Lipinski definition) is 3. The van der Waals surface area contributed by atoms with Gasteiger partial charge < -0.3 is 15.6 Å². The van der Waals surface area contributed by atoms with Crippen LogP contribution in [0.5, 0.6) is 0 Å². The van der Waals surface area contributed by atoms with Crippen molar-refractivity contribution < 1.29 is 18.0 Å². The standard InChI is InChI=1S/C16H16F3N7O/c1-15(2,14(27)23-7-16(17,18)19)26-11-3-4-21-13(25-11)10-6-22-12-9(10)5-20-8-24-12/h3-6,8H,7H2,1-2H3,(H,23,27)(H,20,22,24)(H,21,25,26). The summed E-state index contributed by atoms with van der Waals surface area (Å²) < 4.78 is 36.9. The average molecular weight is 379 g/mol. The van der Waals surface area contributed by atoms with Gasteiger partial charge in [-0.15, -0.1) is 0 Å². The van der Waals surface area contributed by atoms with E-state index >= 15 is 0 Å². The second-order valence-corrected chi connectivity index (χ2v) is 6.30. The van der Waals surface area contributed by atoms with Crippen LogP contribution in [0.3, 0.4) is 0 Å². The fraction of sp³-hybridized carbons (Fsp3) is 0.312. The van der Waals surface area contributed by atoms with Gasteiger partial charge in [0.25, 0.3) is 0 Å². The van der Waals surface area contributed by atoms with E-state index < -0.39 is 24.2 Å². The summed E-state index contributed by atoms with van der Waals surface area (Å²) in [5, 5.41) is 5.41. The van der Waals surface area contributed by atoms with Gasteiger partial charge in [0.05, 0.1) is 0 Å². The van der Waals surface area contributed by atoms with Gasteiger partial charge in [0.2, 0.25) is 5.91 Å². The summed E-state index contributed by atoms with van der Waals surface area (Å²) >= 11 is 0. The number of aromatic amines is 1. The van der Waals surface area contributed by atoms with Crippen molar-refractivity contribution in [1.29, 1.82) is 0 Å². The van der Waals surface area contributed by atoms with Gasteiger partial charge >= 0.3 is 6.18 Å². The molecule has 0 atom stereocenters. The number of hydrogen-bond acceptors (Lipinski definition) is 6. The number of rotatable bonds is 5. The average Bonchev–Trinajstić information content (AvgIpc) is 3.03. The maximum absolute atomic E-state index is 12.3. The molecular formula is C16H16F3N7O. The molecule has 0 aliphatic heterocycles. The molecule has 0 aliphatic rings. The highest BCUT2D eigenvalue weighted by Crippen LogP contribution is 2.25. The van der Waals surface area contributed by atoms with Crippen LogP contribution in [0.4, 0.5) is 19.0 Å². The summed E-state index contributed by atoms with van der Waals surface area (Å²) in [6, 6.07) is 1.52. The third-order valence-corrected chi connectivity index (χ3v) is 3.71. The summed E-state index contributed by atoms with van der Waals surface area (Å²) in [6.45, 7) is 1.52. The van der Waals surface area contributed by atoms with E-state index in [1.165, 1.54) is 32.4 Å². The first kappa shape index (κ1) is 18.5. The molecule has 0 spiro atoms. The van der Waals surface area contributed by atoms with Crippen LogP contribution < -0.4 is 10.6 Å². The molecule has 3 N–H and O–H groups in total. The van der Waals surface area contributed by atoms with Crippen molar-refractivity contribution in [3.05, 3.63) is 31.0 Å². The van der Waals surface area contributed by atoms with E-state index in [2.05, 4.69) is 30.2 Å². The molecule has 0 radical (unpaired) electrons. The Balaban J connectivity index is 1.80. The number of halogens is 3. The van der Waals surface area contributed by atoms with Crippen molar-refractivity contribution in [1.82, 2.24) is 30.2 Å². The van der Waals surface area contributed by atoms with Gasteiger partial charge in [0, 0.05) is 29.5 Å². The molecule has 0 bridgehead atoms. The SMILES string of the molecule is CC(C)(Nc1ccnc(-c2c[nH]c3ncncc23)n1)C(=O)NCC(F)(F)F. The minimum absolute atomic E-state index is 0.290. The van der Waals surface area contributed by atoms with E-state index in [1.54, 1.807) is 12.4 Å². The quantitative estimate of drug-likeness (QED) is 0.628. The van der Waals surface area contributed by atoms with Gasteiger partial charge in [-0.1, -0.05) is 0 Å². The fourth-order valence-corrected chi connectivity index (χ4v) is 2.38. The van der Waals surface area contributed by atoms with Crippen LogP contribution in [-0.2, 0) is 4.79 Å². The molecule has 3 rings (SSSR count). The van der Waals surface area contributed by atoms with E-state index in [-0.39, 0.29) is 0 Å². The zero-order valence-corrected chi connectivity index (χ0v) is 14.4. The lowest BCUT2D eigenvalue weighted by molar-refractivity contribution is -0.140. The number of carbonyl (C=O) groups is 1. The lowest BCUT2D eigenvalue weighted by Gasteiger charge is -2.26.